The molecule has 0 aromatic heterocycles. The van der Waals surface area contributed by atoms with E-state index >= 15 is 0 Å². The van der Waals surface area contributed by atoms with Crippen molar-refractivity contribution in [1.82, 2.24) is 19.6 Å². The zero-order chi connectivity index (χ0) is 22.9. The lowest BCUT2D eigenvalue weighted by molar-refractivity contribution is 0.323. The third kappa shape index (κ3) is 4.65. The molecule has 0 radical (unpaired) electrons. The minimum atomic E-state index is -1.17. The van der Waals surface area contributed by atoms with Gasteiger partial charge in [0.1, 0.15) is 22.6 Å². The molecule has 3 atom stereocenters. The Morgan fingerprint density at radius 1 is 1.15 bits per heavy atom. The van der Waals surface area contributed by atoms with Crippen LogP contribution in [0.5, 0.6) is 0 Å². The van der Waals surface area contributed by atoms with Gasteiger partial charge in [-0.1, -0.05) is 30.3 Å². The minimum Gasteiger partial charge on any atom is -0.340 e. The first-order chi connectivity index (χ1) is 16.0. The van der Waals surface area contributed by atoms with Gasteiger partial charge in [0.25, 0.3) is 0 Å². The summed E-state index contributed by atoms with van der Waals surface area (Å²) < 4.78 is 15.1. The zero-order valence-electron chi connectivity index (χ0n) is 19.2. The van der Waals surface area contributed by atoms with Crippen molar-refractivity contribution in [2.75, 3.05) is 32.5 Å². The van der Waals surface area contributed by atoms with Crippen LogP contribution in [0.15, 0.2) is 88.3 Å². The molecule has 3 heterocycles. The van der Waals surface area contributed by atoms with E-state index in [1.165, 1.54) is 0 Å². The van der Waals surface area contributed by atoms with Crippen LogP contribution in [-0.2, 0) is 11.0 Å². The van der Waals surface area contributed by atoms with Gasteiger partial charge in [0.15, 0.2) is 0 Å². The number of hydrazine groups is 1. The van der Waals surface area contributed by atoms with E-state index in [0.717, 1.165) is 53.0 Å². The Morgan fingerprint density at radius 2 is 1.91 bits per heavy atom. The molecule has 172 valence electrons. The second-order valence-electron chi connectivity index (χ2n) is 8.82. The third-order valence-corrected chi connectivity index (χ3v) is 7.75. The van der Waals surface area contributed by atoms with Crippen LogP contribution in [0.1, 0.15) is 18.9 Å². The Balaban J connectivity index is 1.34. The van der Waals surface area contributed by atoms with E-state index < -0.39 is 11.0 Å². The quantitative estimate of drug-likeness (QED) is 0.691. The van der Waals surface area contributed by atoms with Crippen LogP contribution in [0.4, 0.5) is 5.69 Å². The number of nitrogens with zero attached hydrogens (tertiary/aromatic N) is 4. The van der Waals surface area contributed by atoms with Crippen LogP contribution in [0.25, 0.3) is 0 Å². The van der Waals surface area contributed by atoms with Crippen LogP contribution in [-0.4, -0.2) is 63.4 Å². The van der Waals surface area contributed by atoms with Gasteiger partial charge < -0.3 is 10.2 Å². The second-order valence-corrected chi connectivity index (χ2v) is 10.4. The summed E-state index contributed by atoms with van der Waals surface area (Å²) in [6.07, 6.45) is 5.21. The van der Waals surface area contributed by atoms with E-state index in [9.17, 15) is 4.21 Å². The molecule has 33 heavy (non-hydrogen) atoms. The summed E-state index contributed by atoms with van der Waals surface area (Å²) in [6.45, 7) is 4.11. The molecule has 1 saturated heterocycles. The number of aliphatic imine (C=N–C) groups is 1. The highest BCUT2D eigenvalue weighted by Gasteiger charge is 2.28. The summed E-state index contributed by atoms with van der Waals surface area (Å²) in [4.78, 5) is 7.93. The molecule has 3 aliphatic rings. The van der Waals surface area contributed by atoms with Crippen molar-refractivity contribution < 1.29 is 4.21 Å². The van der Waals surface area contributed by atoms with Gasteiger partial charge in [-0.05, 0) is 57.3 Å². The number of fused-ring (bicyclic) bond motifs is 1. The van der Waals surface area contributed by atoms with Gasteiger partial charge in [0.05, 0.1) is 10.6 Å². The van der Waals surface area contributed by atoms with Gasteiger partial charge in [-0.3, -0.25) is 0 Å². The summed E-state index contributed by atoms with van der Waals surface area (Å²) >= 11 is 0. The van der Waals surface area contributed by atoms with Crippen molar-refractivity contribution in [1.29, 1.82) is 0 Å². The summed E-state index contributed by atoms with van der Waals surface area (Å²) in [5.41, 5.74) is 6.34. The monoisotopic (exact) mass is 462 g/mol. The number of likely N-dealkylation sites (tertiary alicyclic amines) is 1. The van der Waals surface area contributed by atoms with Crippen LogP contribution in [0.2, 0.25) is 0 Å². The molecule has 8 heteroatoms. The number of nitrogens with one attached hydrogen (secondary N) is 2. The second kappa shape index (κ2) is 9.23. The van der Waals surface area contributed by atoms with Gasteiger partial charge in [0, 0.05) is 43.0 Å². The lowest BCUT2D eigenvalue weighted by atomic mass is 10.1. The molecule has 7 nitrogen and oxygen atoms in total. The summed E-state index contributed by atoms with van der Waals surface area (Å²) in [6, 6.07) is 18.6. The first kappa shape index (κ1) is 22.0. The highest BCUT2D eigenvalue weighted by molar-refractivity contribution is 7.82. The van der Waals surface area contributed by atoms with Gasteiger partial charge in [0.2, 0.25) is 0 Å². The Kier molecular flexibility index (Phi) is 6.16. The SMILES string of the molecule is CC1C=C2N=C(c3ccccc3)C=C(Nc3ccc(S(=O)N(C)C4CCN(C)C4)cc3)N2N1. The van der Waals surface area contributed by atoms with Crippen molar-refractivity contribution in [3.05, 3.63) is 84.0 Å². The summed E-state index contributed by atoms with van der Waals surface area (Å²) in [5.74, 6) is 1.78. The minimum absolute atomic E-state index is 0.194. The largest absolute Gasteiger partial charge is 0.340 e. The maximum absolute atomic E-state index is 13.1. The Morgan fingerprint density at radius 3 is 2.61 bits per heavy atom. The van der Waals surface area contributed by atoms with Crippen molar-refractivity contribution in [3.8, 4) is 0 Å². The van der Waals surface area contributed by atoms with E-state index in [1.807, 2.05) is 64.9 Å². The van der Waals surface area contributed by atoms with Crippen molar-refractivity contribution in [2.45, 2.75) is 30.3 Å². The Bertz CT molecular complexity index is 1130. The van der Waals surface area contributed by atoms with Gasteiger partial charge in [-0.25, -0.2) is 23.9 Å². The fourth-order valence-corrected chi connectivity index (χ4v) is 5.54. The average molecular weight is 463 g/mol. The number of benzene rings is 2. The molecule has 0 bridgehead atoms. The number of allylic oxidation sites excluding steroid dienone is 1. The first-order valence-electron chi connectivity index (χ1n) is 11.3. The predicted octanol–water partition coefficient (Wildman–Crippen LogP) is 3.15. The molecular weight excluding hydrogens is 432 g/mol. The maximum Gasteiger partial charge on any atom is 0.147 e. The number of anilines is 1. The van der Waals surface area contributed by atoms with Crippen LogP contribution in [0, 0.1) is 0 Å². The normalized spacial score (nSPS) is 23.8. The van der Waals surface area contributed by atoms with E-state index in [2.05, 4.69) is 47.8 Å². The Hall–Kier alpha value is -2.78. The van der Waals surface area contributed by atoms with Crippen molar-refractivity contribution >= 4 is 22.4 Å². The molecule has 0 spiro atoms. The number of rotatable bonds is 6. The smallest absolute Gasteiger partial charge is 0.147 e. The molecule has 0 saturated carbocycles. The lowest BCUT2D eigenvalue weighted by Gasteiger charge is -2.28. The fourth-order valence-electron chi connectivity index (χ4n) is 4.40. The predicted molar refractivity (Wildman–Crippen MR) is 134 cm³/mol. The molecule has 0 amide bonds. The number of hydrogen-bond acceptors (Lipinski definition) is 6. The number of likely N-dealkylation sites (N-methyl/N-ethyl adjacent to an activating group) is 2. The molecule has 2 aromatic rings. The molecular formula is C25H30N6OS. The lowest BCUT2D eigenvalue weighted by Crippen LogP contribution is -2.39. The molecule has 0 aliphatic carbocycles. The molecule has 5 rings (SSSR count). The van der Waals surface area contributed by atoms with Gasteiger partial charge in [-0.15, -0.1) is 0 Å². The topological polar surface area (TPSA) is 63.2 Å². The first-order valence-corrected chi connectivity index (χ1v) is 12.4. The average Bonchev–Trinajstić information content (AvgIpc) is 3.44. The molecule has 3 aliphatic heterocycles. The zero-order valence-corrected chi connectivity index (χ0v) is 20.0. The molecule has 3 unspecified atom stereocenters. The van der Waals surface area contributed by atoms with E-state index in [0.29, 0.717) is 6.04 Å². The Labute approximate surface area is 198 Å². The standard InChI is InChI=1S/C25H30N6OS/c1-18-15-24-27-23(19-7-5-4-6-8-19)16-25(31(24)28-18)26-20-9-11-22(12-10-20)33(32)30(3)21-13-14-29(2)17-21/h4-12,15-16,18,21,26,28H,13-14,17H2,1-3H3. The van der Waals surface area contributed by atoms with Crippen molar-refractivity contribution in [2.24, 2.45) is 4.99 Å². The van der Waals surface area contributed by atoms with Gasteiger partial charge >= 0.3 is 0 Å². The third-order valence-electron chi connectivity index (χ3n) is 6.25. The highest BCUT2D eigenvalue weighted by Crippen LogP contribution is 2.27. The summed E-state index contributed by atoms with van der Waals surface area (Å²) in [7, 11) is 2.89. The molecule has 2 N–H and O–H groups in total. The molecule has 1 fully saturated rings. The number of hydrogen-bond donors (Lipinski definition) is 2. The van der Waals surface area contributed by atoms with E-state index in [1.54, 1.807) is 0 Å². The van der Waals surface area contributed by atoms with E-state index in [4.69, 9.17) is 4.99 Å². The fraction of sp³-hybridized carbons (Fsp3) is 0.320. The van der Waals surface area contributed by atoms with Crippen LogP contribution < -0.4 is 10.7 Å². The molecule has 2 aromatic carbocycles. The van der Waals surface area contributed by atoms with E-state index in [-0.39, 0.29) is 6.04 Å². The van der Waals surface area contributed by atoms with Crippen LogP contribution in [0.3, 0.4) is 0 Å². The van der Waals surface area contributed by atoms with Gasteiger partial charge in [-0.2, -0.15) is 0 Å². The summed E-state index contributed by atoms with van der Waals surface area (Å²) in [5, 5.41) is 5.49. The highest BCUT2D eigenvalue weighted by atomic mass is 32.2. The maximum atomic E-state index is 13.1. The van der Waals surface area contributed by atoms with Crippen LogP contribution >= 0.6 is 0 Å². The van der Waals surface area contributed by atoms with Crippen molar-refractivity contribution in [3.63, 3.8) is 0 Å².